The van der Waals surface area contributed by atoms with Gasteiger partial charge in [-0.15, -0.1) is 0 Å². The van der Waals surface area contributed by atoms with E-state index in [1.807, 2.05) is 18.2 Å². The Morgan fingerprint density at radius 1 is 1.14 bits per heavy atom. The minimum Gasteiger partial charge on any atom is -0.478 e. The molecule has 1 amide bonds. The van der Waals surface area contributed by atoms with Crippen molar-refractivity contribution in [1.82, 2.24) is 5.16 Å². The van der Waals surface area contributed by atoms with Crippen molar-refractivity contribution in [1.29, 1.82) is 0 Å². The minimum absolute atomic E-state index is 0.0499. The number of nitrogens with one attached hydrogen (secondary N) is 1. The molecule has 1 heterocycles. The van der Waals surface area contributed by atoms with Crippen molar-refractivity contribution in [3.8, 4) is 0 Å². The smallest absolute Gasteiger partial charge is 0.335 e. The van der Waals surface area contributed by atoms with E-state index in [0.717, 1.165) is 5.39 Å². The van der Waals surface area contributed by atoms with Crippen LogP contribution in [0.25, 0.3) is 11.0 Å². The van der Waals surface area contributed by atoms with Gasteiger partial charge in [0.15, 0.2) is 5.58 Å². The van der Waals surface area contributed by atoms with E-state index in [1.54, 1.807) is 18.2 Å². The first-order valence-electron chi connectivity index (χ1n) is 6.60. The van der Waals surface area contributed by atoms with Crippen LogP contribution in [0.15, 0.2) is 53.1 Å². The first-order valence-corrected chi connectivity index (χ1v) is 6.60. The topological polar surface area (TPSA) is 92.4 Å². The van der Waals surface area contributed by atoms with Gasteiger partial charge in [0, 0.05) is 11.1 Å². The Morgan fingerprint density at radius 2 is 1.95 bits per heavy atom. The molecule has 3 rings (SSSR count). The van der Waals surface area contributed by atoms with Gasteiger partial charge >= 0.3 is 5.97 Å². The van der Waals surface area contributed by atoms with Gasteiger partial charge in [0.2, 0.25) is 5.91 Å². The molecule has 0 atom stereocenters. The van der Waals surface area contributed by atoms with Crippen molar-refractivity contribution in [2.45, 2.75) is 6.42 Å². The Morgan fingerprint density at radius 3 is 2.77 bits per heavy atom. The Kier molecular flexibility index (Phi) is 3.57. The third-order valence-electron chi connectivity index (χ3n) is 3.17. The van der Waals surface area contributed by atoms with Gasteiger partial charge in [-0.1, -0.05) is 23.4 Å². The maximum Gasteiger partial charge on any atom is 0.335 e. The summed E-state index contributed by atoms with van der Waals surface area (Å²) in [6, 6.07) is 13.4. The lowest BCUT2D eigenvalue weighted by atomic mass is 10.1. The first-order chi connectivity index (χ1) is 10.6. The van der Waals surface area contributed by atoms with Crippen molar-refractivity contribution in [3.63, 3.8) is 0 Å². The molecule has 0 unspecified atom stereocenters. The third-order valence-corrected chi connectivity index (χ3v) is 3.17. The van der Waals surface area contributed by atoms with Crippen LogP contribution in [-0.2, 0) is 11.2 Å². The molecule has 0 radical (unpaired) electrons. The number of aromatic nitrogens is 1. The largest absolute Gasteiger partial charge is 0.478 e. The number of rotatable bonds is 4. The van der Waals surface area contributed by atoms with Gasteiger partial charge < -0.3 is 14.9 Å². The van der Waals surface area contributed by atoms with Crippen LogP contribution in [0.1, 0.15) is 16.1 Å². The molecule has 110 valence electrons. The van der Waals surface area contributed by atoms with Crippen molar-refractivity contribution in [2.24, 2.45) is 0 Å². The Bertz CT molecular complexity index is 854. The number of benzene rings is 2. The fourth-order valence-corrected chi connectivity index (χ4v) is 2.15. The molecule has 6 heteroatoms. The Hall–Kier alpha value is -3.15. The van der Waals surface area contributed by atoms with Crippen LogP contribution in [0.3, 0.4) is 0 Å². The van der Waals surface area contributed by atoms with E-state index in [4.69, 9.17) is 9.63 Å². The van der Waals surface area contributed by atoms with Gasteiger partial charge in [-0.2, -0.15) is 0 Å². The second-order valence-electron chi connectivity index (χ2n) is 4.74. The molecule has 3 aromatic rings. The van der Waals surface area contributed by atoms with Crippen molar-refractivity contribution >= 4 is 28.5 Å². The van der Waals surface area contributed by atoms with Gasteiger partial charge in [-0.25, -0.2) is 4.79 Å². The summed E-state index contributed by atoms with van der Waals surface area (Å²) in [5, 5.41) is 16.3. The number of carboxylic acids is 1. The zero-order valence-corrected chi connectivity index (χ0v) is 11.4. The van der Waals surface area contributed by atoms with E-state index in [1.165, 1.54) is 12.1 Å². The van der Waals surface area contributed by atoms with Crippen molar-refractivity contribution < 1.29 is 19.2 Å². The zero-order chi connectivity index (χ0) is 15.5. The third kappa shape index (κ3) is 2.80. The predicted molar refractivity (Wildman–Crippen MR) is 79.7 cm³/mol. The molecule has 0 spiro atoms. The molecule has 6 nitrogen and oxygen atoms in total. The van der Waals surface area contributed by atoms with Crippen LogP contribution in [0.4, 0.5) is 5.69 Å². The molecular formula is C16H12N2O4. The van der Waals surface area contributed by atoms with Crippen molar-refractivity contribution in [2.75, 3.05) is 5.32 Å². The number of carbonyl (C=O) groups is 2. The van der Waals surface area contributed by atoms with Crippen LogP contribution in [0, 0.1) is 0 Å². The summed E-state index contributed by atoms with van der Waals surface area (Å²) in [6.45, 7) is 0. The Labute approximate surface area is 125 Å². The maximum absolute atomic E-state index is 12.1. The summed E-state index contributed by atoms with van der Waals surface area (Å²) in [5.41, 5.74) is 1.71. The predicted octanol–water partition coefficient (Wildman–Crippen LogP) is 2.71. The average molecular weight is 296 g/mol. The molecule has 0 saturated carbocycles. The van der Waals surface area contributed by atoms with Crippen LogP contribution in [-0.4, -0.2) is 22.1 Å². The quantitative estimate of drug-likeness (QED) is 0.772. The normalized spacial score (nSPS) is 10.5. The highest BCUT2D eigenvalue weighted by molar-refractivity contribution is 5.96. The number of aromatic carboxylic acids is 1. The molecule has 0 aliphatic heterocycles. The van der Waals surface area contributed by atoms with E-state index in [-0.39, 0.29) is 17.9 Å². The van der Waals surface area contributed by atoms with E-state index in [9.17, 15) is 9.59 Å². The summed E-state index contributed by atoms with van der Waals surface area (Å²) >= 11 is 0. The van der Waals surface area contributed by atoms with Gasteiger partial charge in [-0.05, 0) is 30.3 Å². The summed E-state index contributed by atoms with van der Waals surface area (Å²) < 4.78 is 5.14. The minimum atomic E-state index is -1.04. The molecule has 22 heavy (non-hydrogen) atoms. The lowest BCUT2D eigenvalue weighted by molar-refractivity contribution is -0.115. The fourth-order valence-electron chi connectivity index (χ4n) is 2.15. The molecule has 2 aromatic carbocycles. The molecule has 0 fully saturated rings. The summed E-state index contributed by atoms with van der Waals surface area (Å²) in [4.78, 5) is 23.0. The highest BCUT2D eigenvalue weighted by Gasteiger charge is 2.12. The number of amides is 1. The Balaban J connectivity index is 1.75. The van der Waals surface area contributed by atoms with E-state index in [2.05, 4.69) is 10.5 Å². The van der Waals surface area contributed by atoms with Crippen molar-refractivity contribution in [3.05, 3.63) is 59.8 Å². The zero-order valence-electron chi connectivity index (χ0n) is 11.4. The molecule has 0 aliphatic rings. The van der Waals surface area contributed by atoms with E-state index >= 15 is 0 Å². The average Bonchev–Trinajstić information content (AvgIpc) is 2.91. The number of carbonyl (C=O) groups excluding carboxylic acids is 1. The summed E-state index contributed by atoms with van der Waals surface area (Å²) in [6.07, 6.45) is 0.0499. The number of hydrogen-bond donors (Lipinski definition) is 2. The summed E-state index contributed by atoms with van der Waals surface area (Å²) in [7, 11) is 0. The SMILES string of the molecule is O=C(Cc1noc2ccccc12)Nc1cccc(C(=O)O)c1. The first kappa shape index (κ1) is 13.8. The van der Waals surface area contributed by atoms with Gasteiger partial charge in [0.25, 0.3) is 0 Å². The van der Waals surface area contributed by atoms with Gasteiger partial charge in [0.1, 0.15) is 5.69 Å². The monoisotopic (exact) mass is 296 g/mol. The number of para-hydroxylation sites is 1. The highest BCUT2D eigenvalue weighted by atomic mass is 16.5. The highest BCUT2D eigenvalue weighted by Crippen LogP contribution is 2.19. The second-order valence-corrected chi connectivity index (χ2v) is 4.74. The van der Waals surface area contributed by atoms with Gasteiger partial charge in [-0.3, -0.25) is 4.79 Å². The second kappa shape index (κ2) is 5.69. The molecular weight excluding hydrogens is 284 g/mol. The fraction of sp³-hybridized carbons (Fsp3) is 0.0625. The number of anilines is 1. The molecule has 1 aromatic heterocycles. The van der Waals surface area contributed by atoms with Crippen LogP contribution >= 0.6 is 0 Å². The van der Waals surface area contributed by atoms with Crippen LogP contribution < -0.4 is 5.32 Å². The van der Waals surface area contributed by atoms with Gasteiger partial charge in [0.05, 0.1) is 12.0 Å². The number of fused-ring (bicyclic) bond motifs is 1. The lowest BCUT2D eigenvalue weighted by Gasteiger charge is -2.05. The van der Waals surface area contributed by atoms with E-state index < -0.39 is 5.97 Å². The van der Waals surface area contributed by atoms with Crippen LogP contribution in [0.5, 0.6) is 0 Å². The maximum atomic E-state index is 12.1. The standard InChI is InChI=1S/C16H12N2O4/c19-15(17-11-5-3-4-10(8-11)16(20)21)9-13-12-6-1-2-7-14(12)22-18-13/h1-8H,9H2,(H,17,19)(H,20,21). The lowest BCUT2D eigenvalue weighted by Crippen LogP contribution is -2.15. The number of hydrogen-bond acceptors (Lipinski definition) is 4. The van der Waals surface area contributed by atoms with Crippen LogP contribution in [0.2, 0.25) is 0 Å². The van der Waals surface area contributed by atoms with E-state index in [0.29, 0.717) is 17.0 Å². The summed E-state index contributed by atoms with van der Waals surface area (Å²) in [5.74, 6) is -1.33. The molecule has 0 bridgehead atoms. The molecule has 0 aliphatic carbocycles. The molecule has 2 N–H and O–H groups in total. The number of carboxylic acid groups (broad SMARTS) is 1. The number of nitrogens with zero attached hydrogens (tertiary/aromatic N) is 1. The molecule has 0 saturated heterocycles.